The molecule has 1 saturated heterocycles. The number of likely N-dealkylation sites (tertiary alicyclic amines) is 1. The van der Waals surface area contributed by atoms with Gasteiger partial charge in [0, 0.05) is 69.2 Å². The SMILES string of the molecule is COC(=O)N[C@H](C(=O)N1C[C@@H](OC)C[C@H]1c1ncc(-c2ccc(-c3ccc(C4=CN=C(C5C6CCC(C6)[C@@H]5C(=O)NCc5cccnc5)C4)cc3)cc2)[nH]1)C(C)C. The van der Waals surface area contributed by atoms with Gasteiger partial charge in [-0.2, -0.15) is 0 Å². The number of fused-ring (bicyclic) bond motifs is 2. The van der Waals surface area contributed by atoms with Crippen molar-refractivity contribution >= 4 is 29.2 Å². The van der Waals surface area contributed by atoms with Gasteiger partial charge in [-0.1, -0.05) is 68.4 Å². The molecule has 2 saturated carbocycles. The summed E-state index contributed by atoms with van der Waals surface area (Å²) in [5.41, 5.74) is 8.54. The van der Waals surface area contributed by atoms with Crippen molar-refractivity contribution in [3.05, 3.63) is 102 Å². The summed E-state index contributed by atoms with van der Waals surface area (Å²) in [6.07, 6.45) is 11.3. The number of carbonyl (C=O) groups excluding carboxylic acids is 3. The molecule has 57 heavy (non-hydrogen) atoms. The second-order valence-electron chi connectivity index (χ2n) is 16.2. The van der Waals surface area contributed by atoms with Gasteiger partial charge in [0.1, 0.15) is 11.9 Å². The first-order chi connectivity index (χ1) is 27.7. The molecule has 8 rings (SSSR count). The number of nitrogens with one attached hydrogen (secondary N) is 3. The minimum absolute atomic E-state index is 0.0189. The van der Waals surface area contributed by atoms with Crippen LogP contribution in [0.1, 0.15) is 68.9 Å². The molecule has 7 atom stereocenters. The van der Waals surface area contributed by atoms with E-state index in [0.29, 0.717) is 37.2 Å². The number of hydrogen-bond acceptors (Lipinski definition) is 8. The van der Waals surface area contributed by atoms with Crippen molar-refractivity contribution in [1.82, 2.24) is 30.5 Å². The molecule has 0 radical (unpaired) electrons. The van der Waals surface area contributed by atoms with E-state index in [0.717, 1.165) is 58.5 Å². The molecule has 2 bridgehead atoms. The predicted molar refractivity (Wildman–Crippen MR) is 217 cm³/mol. The quantitative estimate of drug-likeness (QED) is 0.141. The van der Waals surface area contributed by atoms with E-state index >= 15 is 0 Å². The van der Waals surface area contributed by atoms with Crippen LogP contribution in [0.2, 0.25) is 0 Å². The number of alkyl carbamates (subject to hydrolysis) is 1. The third-order valence-corrected chi connectivity index (χ3v) is 12.5. The Morgan fingerprint density at radius 1 is 0.912 bits per heavy atom. The molecule has 3 amide bonds. The minimum Gasteiger partial charge on any atom is -0.453 e. The van der Waals surface area contributed by atoms with Gasteiger partial charge in [-0.25, -0.2) is 9.78 Å². The number of pyridine rings is 1. The number of methoxy groups -OCH3 is 2. The first-order valence-electron chi connectivity index (χ1n) is 20.1. The molecule has 3 fully saturated rings. The second-order valence-corrected chi connectivity index (χ2v) is 16.2. The number of aliphatic imine (C=N–C) groups is 1. The summed E-state index contributed by atoms with van der Waals surface area (Å²) in [7, 11) is 2.93. The number of hydrogen-bond donors (Lipinski definition) is 3. The summed E-state index contributed by atoms with van der Waals surface area (Å²) in [5, 5.41) is 5.90. The van der Waals surface area contributed by atoms with Crippen LogP contribution in [0.25, 0.3) is 28.0 Å². The van der Waals surface area contributed by atoms with Gasteiger partial charge in [-0.15, -0.1) is 0 Å². The number of imidazole rings is 1. The van der Waals surface area contributed by atoms with Crippen molar-refractivity contribution in [1.29, 1.82) is 0 Å². The molecular formula is C45H51N7O5. The fourth-order valence-corrected chi connectivity index (χ4v) is 9.51. The maximum atomic E-state index is 13.7. The van der Waals surface area contributed by atoms with E-state index in [4.69, 9.17) is 19.5 Å². The Labute approximate surface area is 333 Å². The summed E-state index contributed by atoms with van der Waals surface area (Å²) in [4.78, 5) is 58.4. The van der Waals surface area contributed by atoms with Gasteiger partial charge in [0.05, 0.1) is 31.1 Å². The van der Waals surface area contributed by atoms with E-state index in [9.17, 15) is 14.4 Å². The van der Waals surface area contributed by atoms with Crippen LogP contribution in [0.15, 0.2) is 90.4 Å². The highest BCUT2D eigenvalue weighted by molar-refractivity contribution is 6.02. The Morgan fingerprint density at radius 2 is 1.63 bits per heavy atom. The first kappa shape index (κ1) is 38.3. The van der Waals surface area contributed by atoms with Crippen LogP contribution in [0.5, 0.6) is 0 Å². The van der Waals surface area contributed by atoms with Crippen LogP contribution in [0.4, 0.5) is 4.79 Å². The monoisotopic (exact) mass is 769 g/mol. The zero-order valence-corrected chi connectivity index (χ0v) is 33.0. The molecule has 12 heteroatoms. The lowest BCUT2D eigenvalue weighted by molar-refractivity contribution is -0.136. The molecular weight excluding hydrogens is 719 g/mol. The maximum Gasteiger partial charge on any atom is 0.407 e. The molecule has 4 aliphatic rings. The zero-order valence-electron chi connectivity index (χ0n) is 33.0. The molecule has 3 unspecified atom stereocenters. The van der Waals surface area contributed by atoms with E-state index in [1.807, 2.05) is 32.2 Å². The van der Waals surface area contributed by atoms with Gasteiger partial charge in [0.2, 0.25) is 11.8 Å². The standard InChI is InChI=1S/C45H51N7O5/c1-26(2)41(51-45(55)57-4)44(54)52-25-35(56-3)20-38(52)42-48-24-37(50-42)31-13-11-29(12-14-31)28-7-9-30(10-8-28)34-19-36(47-23-34)39-32-15-16-33(18-32)40(39)43(53)49-22-27-6-5-17-46-21-27/h5-14,17,21,23-24,26,32-33,35,38-41H,15-16,18-20,22,25H2,1-4H3,(H,48,50)(H,49,53)(H,51,55)/t32?,33?,35-,38-,39?,40-,41-/m0/s1. The van der Waals surface area contributed by atoms with Crippen LogP contribution >= 0.6 is 0 Å². The van der Waals surface area contributed by atoms with Gasteiger partial charge in [-0.05, 0) is 76.5 Å². The van der Waals surface area contributed by atoms with Gasteiger partial charge in [0.15, 0.2) is 0 Å². The normalized spacial score (nSPS) is 24.3. The van der Waals surface area contributed by atoms with Crippen LogP contribution in [0.3, 0.4) is 0 Å². The Kier molecular flexibility index (Phi) is 11.1. The largest absolute Gasteiger partial charge is 0.453 e. The lowest BCUT2D eigenvalue weighted by Gasteiger charge is -2.30. The lowest BCUT2D eigenvalue weighted by atomic mass is 9.75. The number of amides is 3. The number of carbonyl (C=O) groups is 3. The minimum atomic E-state index is -0.740. The highest BCUT2D eigenvalue weighted by Crippen LogP contribution is 2.54. The zero-order chi connectivity index (χ0) is 39.6. The molecule has 0 spiro atoms. The van der Waals surface area contributed by atoms with Gasteiger partial charge >= 0.3 is 6.09 Å². The van der Waals surface area contributed by atoms with Crippen molar-refractivity contribution in [3.8, 4) is 22.4 Å². The molecule has 2 aliphatic heterocycles. The maximum absolute atomic E-state index is 13.7. The Balaban J connectivity index is 0.901. The Hall–Kier alpha value is -5.62. The number of H-pyrrole nitrogens is 1. The number of aromatic nitrogens is 3. The molecule has 3 N–H and O–H groups in total. The van der Waals surface area contributed by atoms with Crippen LogP contribution in [-0.2, 0) is 25.6 Å². The second kappa shape index (κ2) is 16.5. The number of rotatable bonds is 12. The smallest absolute Gasteiger partial charge is 0.407 e. The average molecular weight is 770 g/mol. The molecule has 2 aromatic heterocycles. The third-order valence-electron chi connectivity index (χ3n) is 12.5. The van der Waals surface area contributed by atoms with Gasteiger partial charge < -0.3 is 30.0 Å². The van der Waals surface area contributed by atoms with Crippen LogP contribution in [-0.4, -0.2) is 76.4 Å². The fourth-order valence-electron chi connectivity index (χ4n) is 9.51. The summed E-state index contributed by atoms with van der Waals surface area (Å²) < 4.78 is 10.4. The number of benzene rings is 2. The van der Waals surface area contributed by atoms with Crippen molar-refractivity contribution in [2.45, 2.75) is 70.7 Å². The predicted octanol–water partition coefficient (Wildman–Crippen LogP) is 6.97. The molecule has 2 aliphatic carbocycles. The fraction of sp³-hybridized carbons (Fsp3) is 0.422. The average Bonchev–Trinajstić information content (AvgIpc) is 4.10. The Morgan fingerprint density at radius 3 is 2.32 bits per heavy atom. The van der Waals surface area contributed by atoms with Gasteiger partial charge in [-0.3, -0.25) is 19.6 Å². The van der Waals surface area contributed by atoms with E-state index in [2.05, 4.69) is 69.1 Å². The number of allylic oxidation sites excluding steroid dienone is 1. The topological polar surface area (TPSA) is 151 Å². The number of aromatic amines is 1. The van der Waals surface area contributed by atoms with E-state index in [1.165, 1.54) is 19.1 Å². The molecule has 4 heterocycles. The summed E-state index contributed by atoms with van der Waals surface area (Å²) in [5.74, 6) is 1.62. The van der Waals surface area contributed by atoms with E-state index in [1.54, 1.807) is 30.6 Å². The van der Waals surface area contributed by atoms with E-state index < -0.39 is 12.1 Å². The summed E-state index contributed by atoms with van der Waals surface area (Å²) in [6, 6.07) is 19.8. The van der Waals surface area contributed by atoms with Crippen molar-refractivity contribution < 1.29 is 23.9 Å². The van der Waals surface area contributed by atoms with Gasteiger partial charge in [0.25, 0.3) is 0 Å². The number of nitrogens with zero attached hydrogens (tertiary/aromatic N) is 4. The van der Waals surface area contributed by atoms with Crippen LogP contribution < -0.4 is 10.6 Å². The number of ether oxygens (including phenoxy) is 2. The first-order valence-corrected chi connectivity index (χ1v) is 20.1. The summed E-state index contributed by atoms with van der Waals surface area (Å²) >= 11 is 0. The third kappa shape index (κ3) is 7.87. The highest BCUT2D eigenvalue weighted by Gasteiger charge is 2.52. The summed E-state index contributed by atoms with van der Waals surface area (Å²) in [6.45, 7) is 4.68. The van der Waals surface area contributed by atoms with Crippen LogP contribution in [0, 0.1) is 29.6 Å². The Bertz CT molecular complexity index is 2150. The molecule has 4 aromatic rings. The van der Waals surface area contributed by atoms with Crippen molar-refractivity contribution in [2.75, 3.05) is 20.8 Å². The molecule has 296 valence electrons. The molecule has 12 nitrogen and oxygen atoms in total. The molecule has 2 aromatic carbocycles. The van der Waals surface area contributed by atoms with E-state index in [-0.39, 0.29) is 41.7 Å². The highest BCUT2D eigenvalue weighted by atomic mass is 16.5. The lowest BCUT2D eigenvalue weighted by Crippen LogP contribution is -2.51. The van der Waals surface area contributed by atoms with Crippen molar-refractivity contribution in [3.63, 3.8) is 0 Å². The van der Waals surface area contributed by atoms with Crippen molar-refractivity contribution in [2.24, 2.45) is 34.6 Å².